The molecule has 1 aromatic rings. The van der Waals surface area contributed by atoms with Gasteiger partial charge in [-0.3, -0.25) is 4.79 Å². The highest BCUT2D eigenvalue weighted by Gasteiger charge is 2.51. The summed E-state index contributed by atoms with van der Waals surface area (Å²) < 4.78 is 5.49. The van der Waals surface area contributed by atoms with Crippen molar-refractivity contribution in [3.8, 4) is 11.8 Å². The lowest BCUT2D eigenvalue weighted by atomic mass is 9.79. The Balaban J connectivity index is 2.00. The van der Waals surface area contributed by atoms with Gasteiger partial charge in [0.05, 0.1) is 5.57 Å². The van der Waals surface area contributed by atoms with Crippen LogP contribution in [-0.4, -0.2) is 5.97 Å². The van der Waals surface area contributed by atoms with Gasteiger partial charge < -0.3 is 4.74 Å². The molecule has 1 saturated carbocycles. The molecule has 102 valence electrons. The number of hydrogen-bond donors (Lipinski definition) is 0. The van der Waals surface area contributed by atoms with E-state index in [2.05, 4.69) is 11.8 Å². The molecule has 0 atom stereocenters. The summed E-state index contributed by atoms with van der Waals surface area (Å²) in [7, 11) is 0. The minimum absolute atomic E-state index is 0.0794. The Hall–Kier alpha value is -2.01. The van der Waals surface area contributed by atoms with E-state index >= 15 is 0 Å². The fraction of sp³-hybridized carbons (Fsp3) is 0.389. The van der Waals surface area contributed by atoms with Gasteiger partial charge in [-0.1, -0.05) is 49.8 Å². The molecule has 0 N–H and O–H groups in total. The zero-order chi connectivity index (χ0) is 14.0. The van der Waals surface area contributed by atoms with Crippen molar-refractivity contribution in [2.45, 2.75) is 39.0 Å². The lowest BCUT2D eigenvalue weighted by Crippen LogP contribution is -2.25. The molecular weight excluding hydrogens is 248 g/mol. The Morgan fingerprint density at radius 3 is 2.50 bits per heavy atom. The monoisotopic (exact) mass is 266 g/mol. The van der Waals surface area contributed by atoms with Crippen LogP contribution in [-0.2, 0) is 9.53 Å². The highest BCUT2D eigenvalue weighted by atomic mass is 16.5. The topological polar surface area (TPSA) is 26.3 Å². The molecule has 20 heavy (non-hydrogen) atoms. The number of carbonyl (C=O) groups excluding carboxylic acids is 1. The zero-order valence-electron chi connectivity index (χ0n) is 11.7. The fourth-order valence-electron chi connectivity index (χ4n) is 3.16. The fourth-order valence-corrected chi connectivity index (χ4v) is 3.16. The molecule has 0 bridgehead atoms. The predicted molar refractivity (Wildman–Crippen MR) is 77.6 cm³/mol. The minimum atomic E-state index is -0.437. The number of carbonyl (C=O) groups is 1. The third-order valence-corrected chi connectivity index (χ3v) is 4.25. The van der Waals surface area contributed by atoms with Gasteiger partial charge in [-0.15, -0.1) is 0 Å². The minimum Gasteiger partial charge on any atom is -0.429 e. The van der Waals surface area contributed by atoms with Gasteiger partial charge in [0.25, 0.3) is 0 Å². The first-order valence-electron chi connectivity index (χ1n) is 7.29. The van der Waals surface area contributed by atoms with E-state index in [1.807, 2.05) is 37.3 Å². The molecule has 3 rings (SSSR count). The highest BCUT2D eigenvalue weighted by Crippen LogP contribution is 2.50. The van der Waals surface area contributed by atoms with Gasteiger partial charge in [-0.2, -0.15) is 0 Å². The highest BCUT2D eigenvalue weighted by molar-refractivity contribution is 5.87. The Bertz CT molecular complexity index is 608. The molecule has 1 aromatic carbocycles. The van der Waals surface area contributed by atoms with Crippen molar-refractivity contribution in [3.63, 3.8) is 0 Å². The van der Waals surface area contributed by atoms with Crippen LogP contribution >= 0.6 is 0 Å². The van der Waals surface area contributed by atoms with E-state index in [9.17, 15) is 4.79 Å². The number of rotatable bonds is 1. The summed E-state index contributed by atoms with van der Waals surface area (Å²) in [5, 5.41) is 0. The number of allylic oxidation sites excluding steroid dienone is 1. The molecule has 1 fully saturated rings. The van der Waals surface area contributed by atoms with Crippen LogP contribution in [0.4, 0.5) is 0 Å². The molecule has 0 unspecified atom stereocenters. The standard InChI is InChI=1S/C18H18O2/c1-2-16-15(11-10-14-8-4-3-5-9-14)18(17(19)20-16)12-6-7-13-18/h3-5,8-9H,2,6-7,12-13H2,1H3. The summed E-state index contributed by atoms with van der Waals surface area (Å²) >= 11 is 0. The number of ether oxygens (including phenoxy) is 1. The van der Waals surface area contributed by atoms with Gasteiger partial charge in [0.2, 0.25) is 0 Å². The third-order valence-electron chi connectivity index (χ3n) is 4.25. The molecular formula is C18H18O2. The number of benzene rings is 1. The van der Waals surface area contributed by atoms with Crippen LogP contribution in [0.3, 0.4) is 0 Å². The second kappa shape index (κ2) is 5.17. The molecule has 1 aliphatic heterocycles. The molecule has 1 spiro atoms. The first-order valence-corrected chi connectivity index (χ1v) is 7.29. The molecule has 1 aliphatic carbocycles. The van der Waals surface area contributed by atoms with Crippen LogP contribution in [0.25, 0.3) is 0 Å². The summed E-state index contributed by atoms with van der Waals surface area (Å²) in [4.78, 5) is 12.3. The largest absolute Gasteiger partial charge is 0.429 e. The van der Waals surface area contributed by atoms with E-state index < -0.39 is 5.41 Å². The second-order valence-corrected chi connectivity index (χ2v) is 5.45. The van der Waals surface area contributed by atoms with Crippen molar-refractivity contribution in [1.82, 2.24) is 0 Å². The number of cyclic esters (lactones) is 1. The summed E-state index contributed by atoms with van der Waals surface area (Å²) in [6.45, 7) is 2.01. The molecule has 2 heteroatoms. The van der Waals surface area contributed by atoms with Crippen molar-refractivity contribution >= 4 is 5.97 Å². The molecule has 2 aliphatic rings. The maximum Gasteiger partial charge on any atom is 0.322 e. The van der Waals surface area contributed by atoms with E-state index in [-0.39, 0.29) is 5.97 Å². The van der Waals surface area contributed by atoms with Gasteiger partial charge in [0.15, 0.2) is 0 Å². The van der Waals surface area contributed by atoms with Crippen molar-refractivity contribution in [1.29, 1.82) is 0 Å². The first kappa shape index (κ1) is 13.0. The third kappa shape index (κ3) is 2.04. The number of esters is 1. The molecule has 0 aromatic heterocycles. The Kier molecular flexibility index (Phi) is 3.36. The molecule has 0 radical (unpaired) electrons. The van der Waals surface area contributed by atoms with E-state index in [4.69, 9.17) is 4.74 Å². The smallest absolute Gasteiger partial charge is 0.322 e. The predicted octanol–water partition coefficient (Wildman–Crippen LogP) is 3.82. The Morgan fingerprint density at radius 2 is 1.85 bits per heavy atom. The van der Waals surface area contributed by atoms with Crippen LogP contribution in [0.1, 0.15) is 44.6 Å². The Labute approximate surface area is 119 Å². The quantitative estimate of drug-likeness (QED) is 0.570. The number of hydrogen-bond acceptors (Lipinski definition) is 2. The van der Waals surface area contributed by atoms with Crippen LogP contribution in [0.5, 0.6) is 0 Å². The first-order chi connectivity index (χ1) is 9.76. The van der Waals surface area contributed by atoms with Crippen LogP contribution in [0.15, 0.2) is 41.7 Å². The summed E-state index contributed by atoms with van der Waals surface area (Å²) in [6, 6.07) is 9.89. The lowest BCUT2D eigenvalue weighted by molar-refractivity contribution is -0.145. The Morgan fingerprint density at radius 1 is 1.15 bits per heavy atom. The zero-order valence-corrected chi connectivity index (χ0v) is 11.7. The summed E-state index contributed by atoms with van der Waals surface area (Å²) in [5.74, 6) is 7.13. The van der Waals surface area contributed by atoms with Crippen molar-refractivity contribution in [2.24, 2.45) is 5.41 Å². The molecule has 0 amide bonds. The van der Waals surface area contributed by atoms with E-state index in [0.29, 0.717) is 0 Å². The second-order valence-electron chi connectivity index (χ2n) is 5.45. The van der Waals surface area contributed by atoms with Gasteiger partial charge in [-0.25, -0.2) is 0 Å². The molecule has 0 saturated heterocycles. The summed E-state index contributed by atoms with van der Waals surface area (Å²) in [6.07, 6.45) is 4.67. The normalized spacial score (nSPS) is 19.9. The van der Waals surface area contributed by atoms with Crippen molar-refractivity contribution in [3.05, 3.63) is 47.2 Å². The van der Waals surface area contributed by atoms with Gasteiger partial charge in [0.1, 0.15) is 11.2 Å². The summed E-state index contributed by atoms with van der Waals surface area (Å²) in [5.41, 5.74) is 1.47. The van der Waals surface area contributed by atoms with E-state index in [0.717, 1.165) is 49.0 Å². The molecule has 1 heterocycles. The van der Waals surface area contributed by atoms with Gasteiger partial charge >= 0.3 is 5.97 Å². The maximum absolute atomic E-state index is 12.3. The van der Waals surface area contributed by atoms with Crippen LogP contribution in [0, 0.1) is 17.3 Å². The molecule has 2 nitrogen and oxygen atoms in total. The van der Waals surface area contributed by atoms with Crippen molar-refractivity contribution < 1.29 is 9.53 Å². The lowest BCUT2D eigenvalue weighted by Gasteiger charge is -2.18. The van der Waals surface area contributed by atoms with Crippen LogP contribution < -0.4 is 0 Å². The average molecular weight is 266 g/mol. The SMILES string of the molecule is CCC1=C(C#Cc2ccccc2)C2(CCCC2)C(=O)O1. The van der Waals surface area contributed by atoms with E-state index in [1.165, 1.54) is 0 Å². The van der Waals surface area contributed by atoms with Gasteiger partial charge in [-0.05, 0) is 25.0 Å². The maximum atomic E-state index is 12.3. The average Bonchev–Trinajstić information content (AvgIpc) is 3.06. The van der Waals surface area contributed by atoms with E-state index in [1.54, 1.807) is 0 Å². The van der Waals surface area contributed by atoms with Gasteiger partial charge in [0, 0.05) is 12.0 Å². The van der Waals surface area contributed by atoms with Crippen LogP contribution in [0.2, 0.25) is 0 Å². The van der Waals surface area contributed by atoms with Crippen molar-refractivity contribution in [2.75, 3.05) is 0 Å².